The van der Waals surface area contributed by atoms with Crippen molar-refractivity contribution in [1.82, 2.24) is 5.16 Å². The SMILES string of the molecule is Cc1noc(C(CN)C(=O)O)c1C. The van der Waals surface area contributed by atoms with Crippen LogP contribution in [0, 0.1) is 13.8 Å². The second-order valence-corrected chi connectivity index (χ2v) is 2.88. The number of carboxylic acid groups (broad SMARTS) is 1. The van der Waals surface area contributed by atoms with Crippen molar-refractivity contribution >= 4 is 5.97 Å². The van der Waals surface area contributed by atoms with Crippen molar-refractivity contribution in [2.75, 3.05) is 6.54 Å². The molecule has 0 spiro atoms. The van der Waals surface area contributed by atoms with Gasteiger partial charge < -0.3 is 15.4 Å². The average molecular weight is 184 g/mol. The molecule has 0 aliphatic rings. The third kappa shape index (κ3) is 1.70. The van der Waals surface area contributed by atoms with Gasteiger partial charge in [-0.15, -0.1) is 0 Å². The number of hydrogen-bond acceptors (Lipinski definition) is 4. The molecule has 0 saturated carbocycles. The minimum atomic E-state index is -0.984. The number of nitrogens with two attached hydrogens (primary N) is 1. The largest absolute Gasteiger partial charge is 0.481 e. The fourth-order valence-electron chi connectivity index (χ4n) is 1.08. The van der Waals surface area contributed by atoms with Gasteiger partial charge in [-0.1, -0.05) is 5.16 Å². The van der Waals surface area contributed by atoms with Crippen molar-refractivity contribution in [2.24, 2.45) is 5.73 Å². The molecule has 5 heteroatoms. The average Bonchev–Trinajstić information content (AvgIpc) is 2.37. The third-order valence-electron chi connectivity index (χ3n) is 2.04. The standard InChI is InChI=1S/C8H12N2O3/c1-4-5(2)10-13-7(4)6(3-9)8(11)12/h6H,3,9H2,1-2H3,(H,11,12). The Kier molecular flexibility index (Phi) is 2.67. The van der Waals surface area contributed by atoms with Crippen LogP contribution in [0.4, 0.5) is 0 Å². The maximum Gasteiger partial charge on any atom is 0.315 e. The van der Waals surface area contributed by atoms with Crippen LogP contribution in [-0.2, 0) is 4.79 Å². The molecule has 1 atom stereocenters. The lowest BCUT2D eigenvalue weighted by molar-refractivity contribution is -0.139. The molecule has 3 N–H and O–H groups in total. The van der Waals surface area contributed by atoms with Crippen LogP contribution in [0.2, 0.25) is 0 Å². The van der Waals surface area contributed by atoms with Crippen molar-refractivity contribution in [3.8, 4) is 0 Å². The molecule has 0 bridgehead atoms. The summed E-state index contributed by atoms with van der Waals surface area (Å²) in [5, 5.41) is 12.5. The summed E-state index contributed by atoms with van der Waals surface area (Å²) in [6.45, 7) is 3.55. The summed E-state index contributed by atoms with van der Waals surface area (Å²) in [5.74, 6) is -1.42. The predicted molar refractivity (Wildman–Crippen MR) is 45.4 cm³/mol. The van der Waals surface area contributed by atoms with Gasteiger partial charge in [0.15, 0.2) is 5.76 Å². The van der Waals surface area contributed by atoms with E-state index in [1.165, 1.54) is 0 Å². The van der Waals surface area contributed by atoms with Gasteiger partial charge in [-0.05, 0) is 13.8 Å². The number of rotatable bonds is 3. The van der Waals surface area contributed by atoms with Crippen LogP contribution >= 0.6 is 0 Å². The summed E-state index contributed by atoms with van der Waals surface area (Å²) in [5.41, 5.74) is 6.78. The summed E-state index contributed by atoms with van der Waals surface area (Å²) in [7, 11) is 0. The van der Waals surface area contributed by atoms with Crippen LogP contribution in [0.15, 0.2) is 4.52 Å². The molecule has 0 aliphatic carbocycles. The van der Waals surface area contributed by atoms with Crippen LogP contribution in [0.25, 0.3) is 0 Å². The quantitative estimate of drug-likeness (QED) is 0.710. The highest BCUT2D eigenvalue weighted by Gasteiger charge is 2.25. The van der Waals surface area contributed by atoms with Crippen LogP contribution in [-0.4, -0.2) is 22.8 Å². The number of aryl methyl sites for hydroxylation is 1. The molecule has 1 heterocycles. The van der Waals surface area contributed by atoms with Gasteiger partial charge in [-0.25, -0.2) is 0 Å². The fourth-order valence-corrected chi connectivity index (χ4v) is 1.08. The summed E-state index contributed by atoms with van der Waals surface area (Å²) >= 11 is 0. The molecule has 0 fully saturated rings. The summed E-state index contributed by atoms with van der Waals surface area (Å²) in [6, 6.07) is 0. The van der Waals surface area contributed by atoms with Crippen molar-refractivity contribution < 1.29 is 14.4 Å². The molecule has 72 valence electrons. The molecular weight excluding hydrogens is 172 g/mol. The highest BCUT2D eigenvalue weighted by atomic mass is 16.5. The van der Waals surface area contributed by atoms with Crippen LogP contribution in [0.5, 0.6) is 0 Å². The van der Waals surface area contributed by atoms with Gasteiger partial charge in [-0.2, -0.15) is 0 Å². The van der Waals surface area contributed by atoms with E-state index >= 15 is 0 Å². The number of nitrogens with zero attached hydrogens (tertiary/aromatic N) is 1. The number of aromatic nitrogens is 1. The summed E-state index contributed by atoms with van der Waals surface area (Å²) in [4.78, 5) is 10.7. The molecule has 0 radical (unpaired) electrons. The summed E-state index contributed by atoms with van der Waals surface area (Å²) < 4.78 is 4.90. The van der Waals surface area contributed by atoms with Crippen molar-refractivity contribution in [1.29, 1.82) is 0 Å². The Hall–Kier alpha value is -1.36. The van der Waals surface area contributed by atoms with Crippen molar-refractivity contribution in [3.63, 3.8) is 0 Å². The Balaban J connectivity index is 3.05. The van der Waals surface area contributed by atoms with E-state index in [1.807, 2.05) is 0 Å². The predicted octanol–water partition coefficient (Wildman–Crippen LogP) is 0.418. The van der Waals surface area contributed by atoms with Crippen molar-refractivity contribution in [3.05, 3.63) is 17.0 Å². The van der Waals surface area contributed by atoms with Gasteiger partial charge in [0.05, 0.1) is 5.69 Å². The smallest absolute Gasteiger partial charge is 0.315 e. The van der Waals surface area contributed by atoms with Crippen molar-refractivity contribution in [2.45, 2.75) is 19.8 Å². The lowest BCUT2D eigenvalue weighted by atomic mass is 10.0. The molecule has 0 amide bonds. The van der Waals surface area contributed by atoms with Gasteiger partial charge in [0.2, 0.25) is 0 Å². The van der Waals surface area contributed by atoms with E-state index in [2.05, 4.69) is 5.16 Å². The zero-order valence-corrected chi connectivity index (χ0v) is 7.57. The molecule has 1 aromatic rings. The molecular formula is C8H12N2O3. The second kappa shape index (κ2) is 3.57. The van der Waals surface area contributed by atoms with Crippen LogP contribution in [0.1, 0.15) is 22.9 Å². The topological polar surface area (TPSA) is 89.4 Å². The van der Waals surface area contributed by atoms with Crippen LogP contribution < -0.4 is 5.73 Å². The molecule has 1 aromatic heterocycles. The van der Waals surface area contributed by atoms with Crippen LogP contribution in [0.3, 0.4) is 0 Å². The lowest BCUT2D eigenvalue weighted by Crippen LogP contribution is -2.21. The van der Waals surface area contributed by atoms with E-state index in [4.69, 9.17) is 15.4 Å². The molecule has 1 unspecified atom stereocenters. The van der Waals surface area contributed by atoms with Gasteiger partial charge in [0.1, 0.15) is 5.92 Å². The van der Waals surface area contributed by atoms with E-state index in [0.29, 0.717) is 11.5 Å². The molecule has 1 rings (SSSR count). The van der Waals surface area contributed by atoms with E-state index in [0.717, 1.165) is 5.56 Å². The first-order chi connectivity index (χ1) is 6.07. The number of carboxylic acids is 1. The second-order valence-electron chi connectivity index (χ2n) is 2.88. The Bertz CT molecular complexity index is 319. The molecule has 5 nitrogen and oxygen atoms in total. The van der Waals surface area contributed by atoms with E-state index in [-0.39, 0.29) is 6.54 Å². The third-order valence-corrected chi connectivity index (χ3v) is 2.04. The lowest BCUT2D eigenvalue weighted by Gasteiger charge is -2.05. The Morgan fingerprint density at radius 3 is 2.62 bits per heavy atom. The number of carbonyl (C=O) groups is 1. The van der Waals surface area contributed by atoms with E-state index < -0.39 is 11.9 Å². The molecule has 0 aromatic carbocycles. The van der Waals surface area contributed by atoms with E-state index in [1.54, 1.807) is 13.8 Å². The molecule has 13 heavy (non-hydrogen) atoms. The Morgan fingerprint density at radius 2 is 2.31 bits per heavy atom. The van der Waals surface area contributed by atoms with Gasteiger partial charge in [0, 0.05) is 12.1 Å². The monoisotopic (exact) mass is 184 g/mol. The van der Waals surface area contributed by atoms with E-state index in [9.17, 15) is 4.79 Å². The Labute approximate surface area is 75.5 Å². The zero-order valence-electron chi connectivity index (χ0n) is 7.57. The summed E-state index contributed by atoms with van der Waals surface area (Å²) in [6.07, 6.45) is 0. The normalized spacial score (nSPS) is 12.8. The van der Waals surface area contributed by atoms with Gasteiger partial charge >= 0.3 is 5.97 Å². The first-order valence-electron chi connectivity index (χ1n) is 3.93. The zero-order chi connectivity index (χ0) is 10.0. The Morgan fingerprint density at radius 1 is 1.69 bits per heavy atom. The van der Waals surface area contributed by atoms with Gasteiger partial charge in [-0.3, -0.25) is 4.79 Å². The number of hydrogen-bond donors (Lipinski definition) is 2. The highest BCUT2D eigenvalue weighted by Crippen LogP contribution is 2.21. The first-order valence-corrected chi connectivity index (χ1v) is 3.93. The molecule has 0 aliphatic heterocycles. The molecule has 0 saturated heterocycles. The fraction of sp³-hybridized carbons (Fsp3) is 0.500. The highest BCUT2D eigenvalue weighted by molar-refractivity contribution is 5.75. The first kappa shape index (κ1) is 9.73. The maximum absolute atomic E-state index is 10.7. The number of aliphatic carboxylic acids is 1. The minimum absolute atomic E-state index is 0.0187. The van der Waals surface area contributed by atoms with Gasteiger partial charge in [0.25, 0.3) is 0 Å². The minimum Gasteiger partial charge on any atom is -0.481 e. The maximum atomic E-state index is 10.7.